The van der Waals surface area contributed by atoms with Crippen molar-refractivity contribution in [1.29, 1.82) is 0 Å². The summed E-state index contributed by atoms with van der Waals surface area (Å²) in [4.78, 5) is 4.21. The van der Waals surface area contributed by atoms with Crippen LogP contribution in [0.1, 0.15) is 0 Å². The Kier molecular flexibility index (Phi) is 3.39. The lowest BCUT2D eigenvalue weighted by atomic mass is 10.3. The van der Waals surface area contributed by atoms with Crippen LogP contribution in [0.15, 0.2) is 49.8 Å². The third kappa shape index (κ3) is 2.45. The highest BCUT2D eigenvalue weighted by atomic mass is 79.9. The molecule has 5 nitrogen and oxygen atoms in total. The Morgan fingerprint density at radius 1 is 1.22 bits per heavy atom. The third-order valence-corrected chi connectivity index (χ3v) is 4.45. The van der Waals surface area contributed by atoms with Gasteiger partial charge in [-0.3, -0.25) is 0 Å². The second-order valence-corrected chi connectivity index (χ2v) is 6.27. The topological polar surface area (TPSA) is 56.5 Å². The fourth-order valence-corrected chi connectivity index (χ4v) is 3.11. The van der Waals surface area contributed by atoms with Gasteiger partial charge in [0.1, 0.15) is 0 Å². The molecule has 2 aromatic heterocycles. The van der Waals surface area contributed by atoms with Gasteiger partial charge in [-0.15, -0.1) is 16.4 Å². The average molecular weight is 340 g/mol. The van der Waals surface area contributed by atoms with E-state index >= 15 is 0 Å². The van der Waals surface area contributed by atoms with Crippen LogP contribution in [0.3, 0.4) is 0 Å². The summed E-state index contributed by atoms with van der Waals surface area (Å²) in [5.74, 6) is 0. The lowest BCUT2D eigenvalue weighted by Gasteiger charge is -2.02. The summed E-state index contributed by atoms with van der Waals surface area (Å²) in [6, 6.07) is 7.81. The number of hydrogen-bond donors (Lipinski definition) is 0. The quantitative estimate of drug-likeness (QED) is 0.734. The monoisotopic (exact) mass is 339 g/mol. The summed E-state index contributed by atoms with van der Waals surface area (Å²) in [7, 11) is 0. The first-order valence-corrected chi connectivity index (χ1v) is 7.43. The minimum Gasteiger partial charge on any atom is -0.238 e. The predicted octanol–water partition coefficient (Wildman–Crippen LogP) is 3.03. The Morgan fingerprint density at radius 2 is 2.06 bits per heavy atom. The van der Waals surface area contributed by atoms with Gasteiger partial charge in [0.2, 0.25) is 5.16 Å². The molecule has 0 fully saturated rings. The Balaban J connectivity index is 1.94. The van der Waals surface area contributed by atoms with Gasteiger partial charge in [0.25, 0.3) is 0 Å². The summed E-state index contributed by atoms with van der Waals surface area (Å²) in [5, 5.41) is 14.3. The minimum absolute atomic E-state index is 0.701. The van der Waals surface area contributed by atoms with Gasteiger partial charge in [-0.25, -0.2) is 4.98 Å². The molecule has 0 bridgehead atoms. The van der Waals surface area contributed by atoms with E-state index in [9.17, 15) is 0 Å². The first kappa shape index (κ1) is 11.8. The molecule has 0 aliphatic heterocycles. The van der Waals surface area contributed by atoms with E-state index in [0.717, 1.165) is 14.5 Å². The Bertz CT molecular complexity index is 635. The first-order valence-electron chi connectivity index (χ1n) is 4.94. The van der Waals surface area contributed by atoms with Crippen molar-refractivity contribution in [3.63, 3.8) is 0 Å². The van der Waals surface area contributed by atoms with Gasteiger partial charge < -0.3 is 0 Å². The van der Waals surface area contributed by atoms with Crippen molar-refractivity contribution in [2.24, 2.45) is 0 Å². The molecule has 0 saturated heterocycles. The van der Waals surface area contributed by atoms with E-state index in [1.807, 2.05) is 29.6 Å². The predicted molar refractivity (Wildman–Crippen MR) is 73.1 cm³/mol. The number of hydrogen-bond acceptors (Lipinski definition) is 6. The Hall–Kier alpha value is -1.25. The smallest absolute Gasteiger partial charge is 0.221 e. The van der Waals surface area contributed by atoms with Gasteiger partial charge >= 0.3 is 0 Å². The molecule has 3 rings (SSSR count). The van der Waals surface area contributed by atoms with E-state index in [2.05, 4.69) is 36.4 Å². The zero-order valence-corrected chi connectivity index (χ0v) is 12.1. The normalized spacial score (nSPS) is 10.7. The fraction of sp³-hybridized carbons (Fsp3) is 0. The maximum atomic E-state index is 4.21. The molecule has 0 saturated carbocycles. The lowest BCUT2D eigenvalue weighted by molar-refractivity contribution is 0.756. The SMILES string of the molecule is Brc1ccc(-n2nnnc2Sc2nccs2)cc1. The van der Waals surface area contributed by atoms with Crippen LogP contribution >= 0.6 is 39.0 Å². The molecule has 18 heavy (non-hydrogen) atoms. The summed E-state index contributed by atoms with van der Waals surface area (Å²) in [5.41, 5.74) is 0.919. The van der Waals surface area contributed by atoms with Crippen LogP contribution in [-0.4, -0.2) is 25.2 Å². The van der Waals surface area contributed by atoms with Crippen LogP contribution in [0.25, 0.3) is 5.69 Å². The molecule has 0 radical (unpaired) electrons. The van der Waals surface area contributed by atoms with Crippen LogP contribution in [0.2, 0.25) is 0 Å². The lowest BCUT2D eigenvalue weighted by Crippen LogP contribution is -1.98. The van der Waals surface area contributed by atoms with Crippen LogP contribution in [0.5, 0.6) is 0 Å². The summed E-state index contributed by atoms with van der Waals surface area (Å²) < 4.78 is 3.63. The second-order valence-electron chi connectivity index (χ2n) is 3.25. The zero-order valence-electron chi connectivity index (χ0n) is 8.89. The molecule has 8 heteroatoms. The van der Waals surface area contributed by atoms with E-state index in [-0.39, 0.29) is 0 Å². The highest BCUT2D eigenvalue weighted by Gasteiger charge is 2.11. The van der Waals surface area contributed by atoms with Crippen LogP contribution < -0.4 is 0 Å². The molecule has 0 unspecified atom stereocenters. The van der Waals surface area contributed by atoms with E-state index < -0.39 is 0 Å². The van der Waals surface area contributed by atoms with E-state index in [4.69, 9.17) is 0 Å². The molecule has 90 valence electrons. The standard InChI is InChI=1S/C10H6BrN5S2/c11-7-1-3-8(4-2-7)16-9(13-14-15-16)18-10-12-5-6-17-10/h1-6H. The van der Waals surface area contributed by atoms with Gasteiger partial charge in [-0.05, 0) is 46.5 Å². The summed E-state index contributed by atoms with van der Waals surface area (Å²) in [6.45, 7) is 0. The average Bonchev–Trinajstić information content (AvgIpc) is 3.02. The molecule has 0 amide bonds. The number of aromatic nitrogens is 5. The molecule has 2 heterocycles. The molecular formula is C10H6BrN5S2. The third-order valence-electron chi connectivity index (χ3n) is 2.10. The van der Waals surface area contributed by atoms with Gasteiger partial charge in [-0.1, -0.05) is 15.9 Å². The molecule has 0 atom stereocenters. The van der Waals surface area contributed by atoms with E-state index in [0.29, 0.717) is 5.16 Å². The van der Waals surface area contributed by atoms with Crippen molar-refractivity contribution < 1.29 is 0 Å². The molecule has 0 spiro atoms. The largest absolute Gasteiger partial charge is 0.238 e. The molecule has 0 aliphatic carbocycles. The summed E-state index contributed by atoms with van der Waals surface area (Å²) in [6.07, 6.45) is 1.76. The molecular weight excluding hydrogens is 334 g/mol. The van der Waals surface area contributed by atoms with Gasteiger partial charge in [0, 0.05) is 16.0 Å². The number of thiazole rings is 1. The van der Waals surface area contributed by atoms with Crippen LogP contribution in [-0.2, 0) is 0 Å². The molecule has 0 aliphatic rings. The summed E-state index contributed by atoms with van der Waals surface area (Å²) >= 11 is 6.41. The van der Waals surface area contributed by atoms with Crippen molar-refractivity contribution >= 4 is 39.0 Å². The van der Waals surface area contributed by atoms with Crippen LogP contribution in [0, 0.1) is 0 Å². The van der Waals surface area contributed by atoms with Gasteiger partial charge in [0.15, 0.2) is 4.34 Å². The number of halogens is 1. The van der Waals surface area contributed by atoms with Gasteiger partial charge in [-0.2, -0.15) is 4.68 Å². The number of benzene rings is 1. The molecule has 0 N–H and O–H groups in total. The first-order chi connectivity index (χ1) is 8.83. The fourth-order valence-electron chi connectivity index (χ4n) is 1.33. The number of rotatable bonds is 3. The second kappa shape index (κ2) is 5.17. The maximum absolute atomic E-state index is 4.21. The molecule has 1 aromatic carbocycles. The minimum atomic E-state index is 0.701. The van der Waals surface area contributed by atoms with Crippen molar-refractivity contribution in [3.05, 3.63) is 40.3 Å². The van der Waals surface area contributed by atoms with Crippen molar-refractivity contribution in [3.8, 4) is 5.69 Å². The van der Waals surface area contributed by atoms with Gasteiger partial charge in [0.05, 0.1) is 5.69 Å². The zero-order chi connectivity index (χ0) is 12.4. The molecule has 3 aromatic rings. The van der Waals surface area contributed by atoms with E-state index in [1.54, 1.807) is 22.2 Å². The van der Waals surface area contributed by atoms with Crippen molar-refractivity contribution in [2.45, 2.75) is 9.50 Å². The Morgan fingerprint density at radius 3 is 2.78 bits per heavy atom. The maximum Gasteiger partial charge on any atom is 0.221 e. The van der Waals surface area contributed by atoms with E-state index in [1.165, 1.54) is 11.8 Å². The highest BCUT2D eigenvalue weighted by Crippen LogP contribution is 2.28. The number of nitrogens with zero attached hydrogens (tertiary/aromatic N) is 5. The van der Waals surface area contributed by atoms with Crippen LogP contribution in [0.4, 0.5) is 0 Å². The number of tetrazole rings is 1. The van der Waals surface area contributed by atoms with Crippen molar-refractivity contribution in [1.82, 2.24) is 25.2 Å². The highest BCUT2D eigenvalue weighted by molar-refractivity contribution is 9.10. The van der Waals surface area contributed by atoms with Crippen molar-refractivity contribution in [2.75, 3.05) is 0 Å². The Labute approximate surface area is 119 Å².